The maximum atomic E-state index is 13.2. The number of nitro groups is 1. The number of benzene rings is 2. The molecule has 0 aromatic heterocycles. The number of nitrogens with zero attached hydrogens (tertiary/aromatic N) is 1. The lowest BCUT2D eigenvalue weighted by Crippen LogP contribution is -2.32. The number of rotatable bonds is 7. The van der Waals surface area contributed by atoms with E-state index in [0.717, 1.165) is 5.56 Å². The Hall–Kier alpha value is -4.14. The summed E-state index contributed by atoms with van der Waals surface area (Å²) in [5.74, 6) is -1.77. The third kappa shape index (κ3) is 4.87. The highest BCUT2D eigenvalue weighted by molar-refractivity contribution is 6.00. The number of methoxy groups -OCH3 is 2. The lowest BCUT2D eigenvalue weighted by molar-refractivity contribution is -0.385. The van der Waals surface area contributed by atoms with Crippen molar-refractivity contribution < 1.29 is 28.7 Å². The van der Waals surface area contributed by atoms with Crippen LogP contribution in [0.1, 0.15) is 30.9 Å². The van der Waals surface area contributed by atoms with Crippen LogP contribution in [0.5, 0.6) is 5.75 Å². The number of nitro benzene ring substituents is 1. The predicted molar refractivity (Wildman–Crippen MR) is 119 cm³/mol. The minimum absolute atomic E-state index is 0.0283. The Morgan fingerprint density at radius 1 is 0.970 bits per heavy atom. The van der Waals surface area contributed by atoms with Crippen LogP contribution in [0.25, 0.3) is 0 Å². The summed E-state index contributed by atoms with van der Waals surface area (Å²) in [7, 11) is 2.77. The van der Waals surface area contributed by atoms with Crippen LogP contribution in [-0.2, 0) is 25.7 Å². The molecule has 1 aliphatic heterocycles. The number of hydrogen-bond donors (Lipinski definition) is 1. The first-order valence-corrected chi connectivity index (χ1v) is 10.1. The van der Waals surface area contributed by atoms with Crippen LogP contribution in [0.2, 0.25) is 0 Å². The highest BCUT2D eigenvalue weighted by Gasteiger charge is 2.40. The summed E-state index contributed by atoms with van der Waals surface area (Å²) < 4.78 is 15.6. The number of dihydropyridines is 1. The zero-order valence-electron chi connectivity index (χ0n) is 18.7. The van der Waals surface area contributed by atoms with Gasteiger partial charge in [-0.25, -0.2) is 9.59 Å². The van der Waals surface area contributed by atoms with E-state index in [-0.39, 0.29) is 29.0 Å². The van der Waals surface area contributed by atoms with E-state index in [1.807, 2.05) is 0 Å². The fourth-order valence-corrected chi connectivity index (χ4v) is 3.80. The molecule has 9 nitrogen and oxygen atoms in total. The molecule has 3 rings (SSSR count). The summed E-state index contributed by atoms with van der Waals surface area (Å²) >= 11 is 0. The minimum atomic E-state index is -1.04. The van der Waals surface area contributed by atoms with Crippen molar-refractivity contribution in [3.63, 3.8) is 0 Å². The van der Waals surface area contributed by atoms with Gasteiger partial charge in [0.1, 0.15) is 12.4 Å². The van der Waals surface area contributed by atoms with Crippen molar-refractivity contribution in [1.29, 1.82) is 0 Å². The van der Waals surface area contributed by atoms with E-state index in [1.165, 1.54) is 25.3 Å². The molecule has 0 spiro atoms. The summed E-state index contributed by atoms with van der Waals surface area (Å²) in [5.41, 5.74) is 1.79. The molecular formula is C24H24N2O7. The van der Waals surface area contributed by atoms with E-state index in [2.05, 4.69) is 5.32 Å². The summed E-state index contributed by atoms with van der Waals surface area (Å²) in [6.45, 7) is 3.28. The molecule has 2 aromatic carbocycles. The van der Waals surface area contributed by atoms with Gasteiger partial charge in [0.2, 0.25) is 0 Å². The Morgan fingerprint density at radius 3 is 2.15 bits per heavy atom. The molecule has 0 saturated heterocycles. The molecule has 0 fully saturated rings. The molecule has 0 saturated carbocycles. The van der Waals surface area contributed by atoms with E-state index in [1.54, 1.807) is 51.3 Å². The molecule has 172 valence electrons. The zero-order chi connectivity index (χ0) is 24.1. The van der Waals surface area contributed by atoms with Crippen molar-refractivity contribution in [1.82, 2.24) is 5.32 Å². The van der Waals surface area contributed by atoms with Gasteiger partial charge in [0.05, 0.1) is 36.2 Å². The van der Waals surface area contributed by atoms with Crippen molar-refractivity contribution >= 4 is 17.6 Å². The third-order valence-electron chi connectivity index (χ3n) is 5.36. The van der Waals surface area contributed by atoms with Crippen LogP contribution in [0.4, 0.5) is 5.69 Å². The van der Waals surface area contributed by atoms with E-state index in [0.29, 0.717) is 17.1 Å². The normalized spacial score (nSPS) is 15.6. The van der Waals surface area contributed by atoms with E-state index < -0.39 is 22.8 Å². The number of ether oxygens (including phenoxy) is 3. The molecule has 1 N–H and O–H groups in total. The van der Waals surface area contributed by atoms with Crippen LogP contribution in [-0.4, -0.2) is 31.1 Å². The predicted octanol–water partition coefficient (Wildman–Crippen LogP) is 3.75. The van der Waals surface area contributed by atoms with Crippen molar-refractivity contribution in [3.05, 3.63) is 92.3 Å². The largest absolute Gasteiger partial charge is 0.497 e. The van der Waals surface area contributed by atoms with Crippen molar-refractivity contribution in [2.24, 2.45) is 0 Å². The van der Waals surface area contributed by atoms with Gasteiger partial charge in [-0.05, 0) is 31.5 Å². The second kappa shape index (κ2) is 9.99. The van der Waals surface area contributed by atoms with Crippen LogP contribution < -0.4 is 10.1 Å². The maximum absolute atomic E-state index is 13.2. The van der Waals surface area contributed by atoms with E-state index in [9.17, 15) is 19.7 Å². The second-order valence-electron chi connectivity index (χ2n) is 7.37. The fourth-order valence-electron chi connectivity index (χ4n) is 3.80. The molecular weight excluding hydrogens is 428 g/mol. The van der Waals surface area contributed by atoms with Gasteiger partial charge in [-0.1, -0.05) is 30.3 Å². The zero-order valence-corrected chi connectivity index (χ0v) is 18.7. The average molecular weight is 452 g/mol. The van der Waals surface area contributed by atoms with Crippen LogP contribution in [0.3, 0.4) is 0 Å². The maximum Gasteiger partial charge on any atom is 0.337 e. The number of carbonyl (C=O) groups excluding carboxylic acids is 2. The topological polar surface area (TPSA) is 117 Å². The summed E-state index contributed by atoms with van der Waals surface area (Å²) in [6, 6.07) is 13.0. The first kappa shape index (κ1) is 23.5. The lowest BCUT2D eigenvalue weighted by atomic mass is 9.79. The quantitative estimate of drug-likeness (QED) is 0.383. The molecule has 0 amide bonds. The minimum Gasteiger partial charge on any atom is -0.497 e. The smallest absolute Gasteiger partial charge is 0.337 e. The van der Waals surface area contributed by atoms with Crippen LogP contribution in [0.15, 0.2) is 71.1 Å². The summed E-state index contributed by atoms with van der Waals surface area (Å²) in [4.78, 5) is 37.1. The average Bonchev–Trinajstić information content (AvgIpc) is 2.81. The van der Waals surface area contributed by atoms with E-state index >= 15 is 0 Å². The highest BCUT2D eigenvalue weighted by Crippen LogP contribution is 2.42. The number of para-hydroxylation sites is 1. The number of hydrogen-bond acceptors (Lipinski definition) is 8. The second-order valence-corrected chi connectivity index (χ2v) is 7.37. The molecule has 0 aliphatic carbocycles. The molecule has 0 bridgehead atoms. The number of carbonyl (C=O) groups is 2. The van der Waals surface area contributed by atoms with Crippen molar-refractivity contribution in [3.8, 4) is 5.75 Å². The lowest BCUT2D eigenvalue weighted by Gasteiger charge is -2.30. The van der Waals surface area contributed by atoms with Crippen LogP contribution >= 0.6 is 0 Å². The van der Waals surface area contributed by atoms with Crippen LogP contribution in [0, 0.1) is 10.1 Å². The van der Waals surface area contributed by atoms with Gasteiger partial charge in [-0.15, -0.1) is 0 Å². The Bertz CT molecular complexity index is 1150. The first-order valence-electron chi connectivity index (χ1n) is 10.1. The Labute approximate surface area is 190 Å². The molecule has 33 heavy (non-hydrogen) atoms. The molecule has 1 unspecified atom stereocenters. The standard InChI is InChI=1S/C24H24N2O7/c1-14-20(23(27)32-4)22(18-7-5-6-8-19(18)26(29)30)21(15(2)25-14)24(28)33-13-16-9-11-17(31-3)12-10-16/h5-12,22,25H,13H2,1-4H3. The molecule has 1 heterocycles. The number of esters is 2. The Balaban J connectivity index is 2.03. The van der Waals surface area contributed by atoms with Gasteiger partial charge < -0.3 is 19.5 Å². The van der Waals surface area contributed by atoms with Gasteiger partial charge in [-0.3, -0.25) is 10.1 Å². The third-order valence-corrected chi connectivity index (χ3v) is 5.36. The number of allylic oxidation sites excluding steroid dienone is 2. The monoisotopic (exact) mass is 452 g/mol. The Kier molecular flexibility index (Phi) is 7.12. The SMILES string of the molecule is COC(=O)C1=C(C)NC(C)=C(C(=O)OCc2ccc(OC)cc2)C1c1ccccc1[N+](=O)[O-]. The van der Waals surface area contributed by atoms with Gasteiger partial charge >= 0.3 is 11.9 Å². The molecule has 1 atom stereocenters. The first-order chi connectivity index (χ1) is 15.8. The van der Waals surface area contributed by atoms with E-state index in [4.69, 9.17) is 14.2 Å². The van der Waals surface area contributed by atoms with Gasteiger partial charge in [-0.2, -0.15) is 0 Å². The molecule has 1 aliphatic rings. The van der Waals surface area contributed by atoms with Gasteiger partial charge in [0, 0.05) is 23.0 Å². The number of nitrogens with one attached hydrogen (secondary N) is 1. The summed E-state index contributed by atoms with van der Waals surface area (Å²) in [6.07, 6.45) is 0. The fraction of sp³-hybridized carbons (Fsp3) is 0.250. The van der Waals surface area contributed by atoms with Gasteiger partial charge in [0.25, 0.3) is 5.69 Å². The van der Waals surface area contributed by atoms with Crippen molar-refractivity contribution in [2.75, 3.05) is 14.2 Å². The van der Waals surface area contributed by atoms with Crippen molar-refractivity contribution in [2.45, 2.75) is 26.4 Å². The molecule has 9 heteroatoms. The molecule has 2 aromatic rings. The highest BCUT2D eigenvalue weighted by atomic mass is 16.6. The molecule has 0 radical (unpaired) electrons. The van der Waals surface area contributed by atoms with Gasteiger partial charge in [0.15, 0.2) is 0 Å². The Morgan fingerprint density at radius 2 is 1.58 bits per heavy atom. The summed E-state index contributed by atoms with van der Waals surface area (Å²) in [5, 5.41) is 14.7.